The molecule has 3 rings (SSSR count). The maximum absolute atomic E-state index is 12.4. The van der Waals surface area contributed by atoms with E-state index in [-0.39, 0.29) is 11.4 Å². The van der Waals surface area contributed by atoms with E-state index in [2.05, 4.69) is 27.3 Å². The van der Waals surface area contributed by atoms with E-state index in [1.807, 2.05) is 0 Å². The van der Waals surface area contributed by atoms with E-state index in [0.717, 1.165) is 31.9 Å². The number of non-ortho nitro benzene ring substituents is 1. The number of aromatic nitrogens is 2. The summed E-state index contributed by atoms with van der Waals surface area (Å²) in [5.74, 6) is -0.392. The van der Waals surface area contributed by atoms with Crippen LogP contribution in [0, 0.1) is 10.1 Å². The molecule has 9 nitrogen and oxygen atoms in total. The third-order valence-electron chi connectivity index (χ3n) is 4.23. The lowest BCUT2D eigenvalue weighted by atomic mass is 10.2. The first-order valence-electron chi connectivity index (χ1n) is 7.97. The highest BCUT2D eigenvalue weighted by atomic mass is 16.6. The van der Waals surface area contributed by atoms with Crippen LogP contribution in [0.3, 0.4) is 0 Å². The molecule has 0 bridgehead atoms. The van der Waals surface area contributed by atoms with Gasteiger partial charge < -0.3 is 15.1 Å². The molecule has 1 aromatic carbocycles. The Morgan fingerprint density at radius 2 is 1.92 bits per heavy atom. The van der Waals surface area contributed by atoms with Gasteiger partial charge in [0, 0.05) is 51.6 Å². The lowest BCUT2D eigenvalue weighted by Gasteiger charge is -2.35. The fraction of sp³-hybridized carbons (Fsp3) is 0.375. The van der Waals surface area contributed by atoms with Crippen molar-refractivity contribution in [1.82, 2.24) is 14.7 Å². The number of piperazine rings is 1. The number of rotatable bonds is 4. The number of likely N-dealkylation sites (N-methyl/N-ethyl adjacent to an activating group) is 1. The second kappa shape index (κ2) is 6.89. The Bertz CT molecular complexity index is 795. The van der Waals surface area contributed by atoms with Gasteiger partial charge in [-0.2, -0.15) is 5.10 Å². The molecule has 2 aromatic rings. The van der Waals surface area contributed by atoms with Crippen molar-refractivity contribution < 1.29 is 9.72 Å². The first-order valence-corrected chi connectivity index (χ1v) is 7.97. The minimum absolute atomic E-state index is 0.0609. The number of anilines is 2. The predicted octanol–water partition coefficient (Wildman–Crippen LogP) is 1.33. The van der Waals surface area contributed by atoms with E-state index in [1.165, 1.54) is 16.8 Å². The van der Waals surface area contributed by atoms with Crippen molar-refractivity contribution in [3.63, 3.8) is 0 Å². The van der Waals surface area contributed by atoms with Crippen molar-refractivity contribution in [3.05, 3.63) is 46.3 Å². The molecule has 1 fully saturated rings. The van der Waals surface area contributed by atoms with Crippen LogP contribution >= 0.6 is 0 Å². The smallest absolute Gasteiger partial charge is 0.276 e. The van der Waals surface area contributed by atoms with Crippen molar-refractivity contribution >= 4 is 23.0 Å². The summed E-state index contributed by atoms with van der Waals surface area (Å²) in [6.45, 7) is 3.37. The Morgan fingerprint density at radius 1 is 1.20 bits per heavy atom. The van der Waals surface area contributed by atoms with Gasteiger partial charge in [-0.3, -0.25) is 19.6 Å². The summed E-state index contributed by atoms with van der Waals surface area (Å²) in [4.78, 5) is 27.4. The monoisotopic (exact) mass is 344 g/mol. The number of nitrogens with zero attached hydrogens (tertiary/aromatic N) is 5. The molecule has 0 saturated carbocycles. The van der Waals surface area contributed by atoms with E-state index >= 15 is 0 Å². The zero-order valence-electron chi connectivity index (χ0n) is 14.2. The Kier molecular flexibility index (Phi) is 4.66. The van der Waals surface area contributed by atoms with Crippen LogP contribution in [0.15, 0.2) is 30.5 Å². The van der Waals surface area contributed by atoms with E-state index in [4.69, 9.17) is 0 Å². The molecule has 1 aliphatic heterocycles. The van der Waals surface area contributed by atoms with Crippen LogP contribution in [-0.4, -0.2) is 58.7 Å². The van der Waals surface area contributed by atoms with Crippen LogP contribution in [0.2, 0.25) is 0 Å². The molecule has 1 N–H and O–H groups in total. The topological polar surface area (TPSA) is 96.5 Å². The first-order chi connectivity index (χ1) is 11.9. The maximum atomic E-state index is 12.4. The number of benzene rings is 1. The Labute approximate surface area is 145 Å². The quantitative estimate of drug-likeness (QED) is 0.664. The number of carbonyl (C=O) groups is 1. The number of hydrogen-bond donors (Lipinski definition) is 1. The highest BCUT2D eigenvalue weighted by Gasteiger charge is 2.21. The van der Waals surface area contributed by atoms with E-state index in [1.54, 1.807) is 25.4 Å². The molecule has 0 aliphatic carbocycles. The van der Waals surface area contributed by atoms with Crippen LogP contribution in [0.4, 0.5) is 17.1 Å². The summed E-state index contributed by atoms with van der Waals surface area (Å²) in [6, 6.07) is 6.15. The Hall–Kier alpha value is -2.94. The van der Waals surface area contributed by atoms with E-state index in [0.29, 0.717) is 5.69 Å². The van der Waals surface area contributed by atoms with Gasteiger partial charge in [0.1, 0.15) is 0 Å². The lowest BCUT2D eigenvalue weighted by Crippen LogP contribution is -2.44. The highest BCUT2D eigenvalue weighted by Crippen LogP contribution is 2.31. The third-order valence-corrected chi connectivity index (χ3v) is 4.23. The van der Waals surface area contributed by atoms with Crippen LogP contribution in [0.5, 0.6) is 0 Å². The second-order valence-electron chi connectivity index (χ2n) is 6.08. The van der Waals surface area contributed by atoms with Gasteiger partial charge >= 0.3 is 0 Å². The van der Waals surface area contributed by atoms with Crippen molar-refractivity contribution in [2.75, 3.05) is 43.4 Å². The van der Waals surface area contributed by atoms with Crippen molar-refractivity contribution in [1.29, 1.82) is 0 Å². The van der Waals surface area contributed by atoms with Gasteiger partial charge in [0.15, 0.2) is 5.69 Å². The SMILES string of the molecule is CN1CCN(c2ccc([N+](=O)[O-])cc2NC(=O)c2ccn(C)n2)CC1. The zero-order valence-corrected chi connectivity index (χ0v) is 14.2. The molecule has 25 heavy (non-hydrogen) atoms. The van der Waals surface area contributed by atoms with E-state index in [9.17, 15) is 14.9 Å². The van der Waals surface area contributed by atoms with Gasteiger partial charge in [0.2, 0.25) is 0 Å². The average Bonchev–Trinajstić information content (AvgIpc) is 3.02. The summed E-state index contributed by atoms with van der Waals surface area (Å²) >= 11 is 0. The van der Waals surface area contributed by atoms with Crippen LogP contribution in [0.1, 0.15) is 10.5 Å². The summed E-state index contributed by atoms with van der Waals surface area (Å²) in [5, 5.41) is 17.9. The molecule has 0 atom stereocenters. The third kappa shape index (κ3) is 3.77. The molecule has 1 saturated heterocycles. The van der Waals surface area contributed by atoms with Crippen LogP contribution < -0.4 is 10.2 Å². The number of nitrogens with one attached hydrogen (secondary N) is 1. The molecular weight excluding hydrogens is 324 g/mol. The maximum Gasteiger partial charge on any atom is 0.276 e. The molecule has 1 aromatic heterocycles. The first kappa shape index (κ1) is 16.9. The number of hydrogen-bond acceptors (Lipinski definition) is 6. The van der Waals surface area contributed by atoms with E-state index < -0.39 is 10.8 Å². The molecule has 1 aliphatic rings. The molecule has 9 heteroatoms. The van der Waals surface area contributed by atoms with Gasteiger partial charge in [-0.1, -0.05) is 0 Å². The largest absolute Gasteiger partial charge is 0.367 e. The minimum Gasteiger partial charge on any atom is -0.367 e. The summed E-state index contributed by atoms with van der Waals surface area (Å²) in [6.07, 6.45) is 1.67. The van der Waals surface area contributed by atoms with Gasteiger partial charge in [0.05, 0.1) is 16.3 Å². The Morgan fingerprint density at radius 3 is 2.52 bits per heavy atom. The molecule has 0 spiro atoms. The number of nitro benzene ring substituents is 1. The lowest BCUT2D eigenvalue weighted by molar-refractivity contribution is -0.384. The molecule has 0 radical (unpaired) electrons. The van der Waals surface area contributed by atoms with Crippen molar-refractivity contribution in [3.8, 4) is 0 Å². The van der Waals surface area contributed by atoms with Gasteiger partial charge in [-0.15, -0.1) is 0 Å². The molecular formula is C16H20N6O3. The van der Waals surface area contributed by atoms with Crippen LogP contribution in [0.25, 0.3) is 0 Å². The minimum atomic E-state index is -0.468. The summed E-state index contributed by atoms with van der Waals surface area (Å²) < 4.78 is 1.53. The molecule has 132 valence electrons. The number of carbonyl (C=O) groups excluding carboxylic acids is 1. The normalized spacial score (nSPS) is 15.2. The highest BCUT2D eigenvalue weighted by molar-refractivity contribution is 6.04. The number of nitro groups is 1. The van der Waals surface area contributed by atoms with Gasteiger partial charge in [-0.05, 0) is 19.2 Å². The fourth-order valence-corrected chi connectivity index (χ4v) is 2.78. The number of amides is 1. The zero-order chi connectivity index (χ0) is 18.0. The summed E-state index contributed by atoms with van der Waals surface area (Å²) in [7, 11) is 3.77. The van der Waals surface area contributed by atoms with Crippen molar-refractivity contribution in [2.24, 2.45) is 7.05 Å². The van der Waals surface area contributed by atoms with Crippen LogP contribution in [-0.2, 0) is 7.05 Å². The molecule has 1 amide bonds. The standard InChI is InChI=1S/C16H20N6O3/c1-19-7-9-21(10-8-19)15-4-3-12(22(24)25)11-14(15)17-16(23)13-5-6-20(2)18-13/h3-6,11H,7-10H2,1-2H3,(H,17,23). The second-order valence-corrected chi connectivity index (χ2v) is 6.08. The predicted molar refractivity (Wildman–Crippen MR) is 94.0 cm³/mol. The fourth-order valence-electron chi connectivity index (χ4n) is 2.78. The summed E-state index contributed by atoms with van der Waals surface area (Å²) in [5.41, 5.74) is 1.41. The number of aryl methyl sites for hydroxylation is 1. The average molecular weight is 344 g/mol. The van der Waals surface area contributed by atoms with Gasteiger partial charge in [0.25, 0.3) is 11.6 Å². The Balaban J connectivity index is 1.89. The molecule has 0 unspecified atom stereocenters. The van der Waals surface area contributed by atoms with Crippen molar-refractivity contribution in [2.45, 2.75) is 0 Å². The van der Waals surface area contributed by atoms with Gasteiger partial charge in [-0.25, -0.2) is 0 Å². The molecule has 2 heterocycles.